The zero-order chi connectivity index (χ0) is 95.1. The van der Waals surface area contributed by atoms with Gasteiger partial charge in [-0.1, -0.05) is 176 Å². The molecular weight excluding hydrogens is 1790 g/mol. The number of rotatable bonds is 24. The number of nitrogens with zero attached hydrogens (tertiary/aromatic N) is 6. The first kappa shape index (κ1) is 89.5. The Kier molecular flexibility index (Phi) is 24.9. The second kappa shape index (κ2) is 38.6. The van der Waals surface area contributed by atoms with Crippen LogP contribution in [0.3, 0.4) is 0 Å². The zero-order valence-electron chi connectivity index (χ0n) is 74.0. The number of ether oxygens (including phenoxy) is 12. The van der Waals surface area contributed by atoms with E-state index in [2.05, 4.69) is 138 Å². The molecule has 706 valence electrons. The summed E-state index contributed by atoms with van der Waals surface area (Å²) >= 11 is 0. The van der Waals surface area contributed by atoms with Crippen molar-refractivity contribution in [2.45, 2.75) is 94.4 Å². The Labute approximate surface area is 788 Å². The van der Waals surface area contributed by atoms with Crippen LogP contribution in [-0.2, 0) is 48.2 Å². The van der Waals surface area contributed by atoms with Crippen LogP contribution in [0.5, 0.6) is 51.7 Å². The Balaban J connectivity index is 0.000000124. The van der Waals surface area contributed by atoms with Gasteiger partial charge in [-0.25, -0.2) is 28.8 Å². The third kappa shape index (κ3) is 17.9. The summed E-state index contributed by atoms with van der Waals surface area (Å²) in [5.41, 5.74) is 7.18. The minimum Gasteiger partial charge on any atom is -0.489 e. The number of aromatic nitrogens is 6. The van der Waals surface area contributed by atoms with Crippen LogP contribution in [0.2, 0.25) is 0 Å². The Bertz CT molecular complexity index is 7630. The zero-order valence-corrected chi connectivity index (χ0v) is 74.0. The van der Waals surface area contributed by atoms with E-state index in [1.165, 1.54) is 81.5 Å². The predicted octanol–water partition coefficient (Wildman–Crippen LogP) is 14.1. The van der Waals surface area contributed by atoms with Gasteiger partial charge in [-0.15, -0.1) is 0 Å². The molecule has 9 atom stereocenters. The van der Waals surface area contributed by atoms with Gasteiger partial charge < -0.3 is 119 Å². The fraction of sp³-hybridized carbons (Fsp3) is 0.233. The van der Waals surface area contributed by atoms with E-state index in [0.29, 0.717) is 51.6 Å². The number of aliphatic hydroxyl groups is 6. The van der Waals surface area contributed by atoms with Gasteiger partial charge in [0.1, 0.15) is 111 Å². The van der Waals surface area contributed by atoms with E-state index in [1.54, 1.807) is 54.6 Å². The molecule has 36 nitrogen and oxygen atoms in total. The van der Waals surface area contributed by atoms with Crippen LogP contribution < -0.4 is 77.4 Å². The summed E-state index contributed by atoms with van der Waals surface area (Å²) in [5.74, 6) is 4.11. The molecule has 3 saturated heterocycles. The average molecular weight is 1880 g/mol. The summed E-state index contributed by atoms with van der Waals surface area (Å²) in [5, 5.41) is 89.3. The van der Waals surface area contributed by atoms with E-state index in [1.807, 2.05) is 72.8 Å². The number of benzene rings is 13. The van der Waals surface area contributed by atoms with Crippen LogP contribution >= 0.6 is 0 Å². The van der Waals surface area contributed by atoms with E-state index < -0.39 is 90.7 Å². The minimum atomic E-state index is -0.900. The third-order valence-electron chi connectivity index (χ3n) is 25.3. The summed E-state index contributed by atoms with van der Waals surface area (Å²) in [4.78, 5) is 88.3. The predicted molar refractivity (Wildman–Crippen MR) is 511 cm³/mol. The van der Waals surface area contributed by atoms with E-state index in [0.717, 1.165) is 54.4 Å². The monoisotopic (exact) mass is 1880 g/mol. The Morgan fingerprint density at radius 3 is 1.16 bits per heavy atom. The largest absolute Gasteiger partial charge is 0.489 e. The van der Waals surface area contributed by atoms with Crippen LogP contribution in [-0.4, -0.2) is 173 Å². The van der Waals surface area contributed by atoms with Gasteiger partial charge in [0.25, 0.3) is 0 Å². The molecule has 16 aromatic rings. The van der Waals surface area contributed by atoms with Crippen molar-refractivity contribution in [3.63, 3.8) is 0 Å². The van der Waals surface area contributed by atoms with Gasteiger partial charge >= 0.3 is 35.3 Å². The van der Waals surface area contributed by atoms with Crippen molar-refractivity contribution < 1.29 is 102 Å². The molecule has 12 N–H and O–H groups in total. The number of aliphatic hydroxyl groups excluding tert-OH is 6. The first-order valence-corrected chi connectivity index (χ1v) is 45.2. The fourth-order valence-electron chi connectivity index (χ4n) is 18.5. The highest BCUT2D eigenvalue weighted by molar-refractivity contribution is 6.23. The Hall–Kier alpha value is -16.0. The van der Waals surface area contributed by atoms with Gasteiger partial charge in [-0.05, 0) is 146 Å². The van der Waals surface area contributed by atoms with Crippen molar-refractivity contribution >= 4 is 117 Å². The second-order valence-electron chi connectivity index (χ2n) is 33.8. The molecule has 36 heteroatoms. The number of hydrogen-bond acceptors (Lipinski definition) is 30. The lowest BCUT2D eigenvalue weighted by Crippen LogP contribution is -2.29. The fourth-order valence-corrected chi connectivity index (χ4v) is 18.5. The molecule has 13 aromatic carbocycles. The van der Waals surface area contributed by atoms with E-state index in [4.69, 9.17) is 56.8 Å². The van der Waals surface area contributed by atoms with Crippen LogP contribution in [0.1, 0.15) is 54.6 Å². The number of amides is 3. The number of para-hydroxylation sites is 3. The molecule has 0 spiro atoms. The molecule has 1 aliphatic carbocycles. The number of nitrogens with one attached hydrogen (secondary N) is 6. The number of anilines is 6. The number of alkyl carbamates (subject to hydrolysis) is 3. The SMILES string of the molecule is O=C(NCCOc1cccc2c1Nc1nc(=O)n([C@H]3C[C@@H](O)[C@@H](CO)O3)cc1O2)OCc1cc2ccccc2c2ccccc12.O=C(NCCOc1cccc2c1Nc1nc(=O)n([C@H]3C[C@@H](O)[C@@H](CO)O3)cc1O2)OCc1ccc2c3c(cccc13)-c1ccccc1-2.O=C(NCCOc1cccc2c1Nc1nc(=O)n([C@H]3C[C@@H](O)[C@@H](CO)O3)cc1O2)OCc1ccc2ccc3cccc4ccc1c2c34. The molecule has 9 heterocycles. The van der Waals surface area contributed by atoms with Gasteiger partial charge in [0.05, 0.1) is 76.4 Å². The molecule has 0 unspecified atom stereocenters. The van der Waals surface area contributed by atoms with Crippen molar-refractivity contribution in [3.8, 4) is 74.0 Å². The van der Waals surface area contributed by atoms with Crippen molar-refractivity contribution in [3.05, 3.63) is 285 Å². The highest BCUT2D eigenvalue weighted by Gasteiger charge is 2.40. The van der Waals surface area contributed by atoms with Crippen LogP contribution in [0.25, 0.3) is 86.9 Å². The summed E-state index contributed by atoms with van der Waals surface area (Å²) in [6.45, 7) is 0.253. The molecule has 0 saturated carbocycles. The van der Waals surface area contributed by atoms with Gasteiger partial charge in [-0.3, -0.25) is 13.7 Å². The number of hydrogen-bond donors (Lipinski definition) is 12. The molecular formula is C103H90N12O24. The number of carbonyl (C=O) groups excluding carboxylic acids is 3. The Morgan fingerprint density at radius 2 is 0.705 bits per heavy atom. The molecule has 0 radical (unpaired) electrons. The molecule has 7 aliphatic rings. The topological polar surface area (TPSA) is 460 Å². The quantitative estimate of drug-likeness (QED) is 0.0152. The lowest BCUT2D eigenvalue weighted by Gasteiger charge is -2.24. The molecule has 23 rings (SSSR count). The first-order valence-electron chi connectivity index (χ1n) is 45.2. The Morgan fingerprint density at radius 1 is 0.353 bits per heavy atom. The number of carbonyl (C=O) groups is 3. The lowest BCUT2D eigenvalue weighted by atomic mass is 9.92. The minimum absolute atomic E-state index is 0.120. The second-order valence-corrected chi connectivity index (χ2v) is 33.8. The van der Waals surface area contributed by atoms with E-state index in [-0.39, 0.29) is 133 Å². The summed E-state index contributed by atoms with van der Waals surface area (Å²) in [6.07, 6.45) is -4.29. The van der Waals surface area contributed by atoms with Crippen LogP contribution in [0, 0.1) is 0 Å². The average Bonchev–Trinajstić information content (AvgIpc) is 1.70. The van der Waals surface area contributed by atoms with Gasteiger partial charge in [0, 0.05) is 19.3 Å². The van der Waals surface area contributed by atoms with Crippen molar-refractivity contribution in [1.29, 1.82) is 0 Å². The van der Waals surface area contributed by atoms with Crippen molar-refractivity contribution in [2.24, 2.45) is 0 Å². The summed E-state index contributed by atoms with van der Waals surface area (Å²) in [7, 11) is 0. The maximum atomic E-state index is 12.8. The van der Waals surface area contributed by atoms with E-state index >= 15 is 0 Å². The normalized spacial score (nSPS) is 18.5. The molecule has 139 heavy (non-hydrogen) atoms. The highest BCUT2D eigenvalue weighted by atomic mass is 16.6. The molecule has 0 bridgehead atoms. The van der Waals surface area contributed by atoms with Crippen molar-refractivity contribution in [1.82, 2.24) is 44.6 Å². The maximum absolute atomic E-state index is 12.8. The summed E-state index contributed by atoms with van der Waals surface area (Å²) in [6, 6.07) is 71.3. The van der Waals surface area contributed by atoms with Crippen LogP contribution in [0.15, 0.2) is 251 Å². The van der Waals surface area contributed by atoms with Gasteiger partial charge in [0.15, 0.2) is 52.0 Å². The van der Waals surface area contributed by atoms with Crippen molar-refractivity contribution in [2.75, 3.05) is 75.2 Å². The molecule has 3 fully saturated rings. The smallest absolute Gasteiger partial charge is 0.407 e. The molecule has 3 amide bonds. The lowest BCUT2D eigenvalue weighted by molar-refractivity contribution is -0.0459. The third-order valence-corrected chi connectivity index (χ3v) is 25.3. The molecule has 6 aliphatic heterocycles. The number of fused-ring (bicyclic) bond motifs is 12. The highest BCUT2D eigenvalue weighted by Crippen LogP contribution is 2.52. The standard InChI is InChI=1S/2C35H30N4O8.C33H30N4O8/c40-17-28-24(41)15-29(47-28)39-16-27-33(38-34(39)42)37-32-25(5-2-6-26(32)46-27)44-14-13-36-35(43)45-18-22-10-9-21-8-7-19-3-1-4-20-11-12-23(22)31(21)30(19)20;40-17-29-25(41)15-30(47-29)39-16-28-33(38-34(39)42)37-32-26(9-4-10-27(32)46-28)44-14-13-36-35(43)45-18-19-11-12-24-22-6-2-1-5-21(22)23-8-3-7-20(19)31(23)24;38-17-28-24(39)15-29(45-28)37-16-27-31(36-32(37)40)35-30-25(10-5-11-26(30)44-27)42-13-12-34-33(41)43-18-20-14-19-6-1-2-7-21(19)23-9-4-3-8-22(20)23/h1-12,16,24,28-29,40-41H,13-15,17-18H2,(H,36,43)(H,37,38,42);1-12,16,25,29-30,40-41H,13-15,17-18H2,(H,36,43)(H,37,38,42);1-11,14,16,24,28-29,38-39H,12-13,15,17-18H2,(H,34,41)(H,35,36,40)/t24-,28-,29-;25-,29-,30-;24-,28-,29-/m111/s1. The summed E-state index contributed by atoms with van der Waals surface area (Å²) < 4.78 is 73.0. The van der Waals surface area contributed by atoms with Crippen LogP contribution in [0.4, 0.5) is 48.9 Å². The molecule has 3 aromatic heterocycles. The maximum Gasteiger partial charge on any atom is 0.407 e. The van der Waals surface area contributed by atoms with Gasteiger partial charge in [0.2, 0.25) is 0 Å². The van der Waals surface area contributed by atoms with Gasteiger partial charge in [-0.2, -0.15) is 15.0 Å². The first-order chi connectivity index (χ1) is 67.9. The van der Waals surface area contributed by atoms with E-state index in [9.17, 15) is 59.4 Å².